The third kappa shape index (κ3) is 2.45. The first-order valence-corrected chi connectivity index (χ1v) is 5.16. The van der Waals surface area contributed by atoms with Crippen LogP contribution >= 0.6 is 11.6 Å². The molecule has 0 amide bonds. The molecule has 0 atom stereocenters. The summed E-state index contributed by atoms with van der Waals surface area (Å²) in [6, 6.07) is 5.68. The van der Waals surface area contributed by atoms with Crippen molar-refractivity contribution in [2.45, 2.75) is 6.42 Å². The normalized spacial score (nSPS) is 10.5. The lowest BCUT2D eigenvalue weighted by atomic mass is 10.2. The predicted octanol–water partition coefficient (Wildman–Crippen LogP) is 2.29. The number of carboxylic acid groups (broad SMARTS) is 1. The molecule has 2 aromatic rings. The van der Waals surface area contributed by atoms with Crippen LogP contribution in [0.25, 0.3) is 5.69 Å². The quantitative estimate of drug-likeness (QED) is 0.914. The smallest absolute Gasteiger partial charge is 0.309 e. The summed E-state index contributed by atoms with van der Waals surface area (Å²) in [6.07, 6.45) is 1.32. The van der Waals surface area contributed by atoms with Crippen LogP contribution in [0.3, 0.4) is 0 Å². The van der Waals surface area contributed by atoms with Gasteiger partial charge in [-0.05, 0) is 24.3 Å². The number of aliphatic carboxylic acids is 1. The highest BCUT2D eigenvalue weighted by atomic mass is 35.5. The highest BCUT2D eigenvalue weighted by Crippen LogP contribution is 2.19. The standard InChI is InChI=1S/C11H8ClFN2O2/c12-9-5-7(1-2-10(9)13)15-8(3-4-14-15)6-11(16)17/h1-5H,6H2,(H,16,17). The van der Waals surface area contributed by atoms with E-state index in [9.17, 15) is 9.18 Å². The molecule has 1 aromatic carbocycles. The molecule has 4 nitrogen and oxygen atoms in total. The summed E-state index contributed by atoms with van der Waals surface area (Å²) < 4.78 is 14.4. The van der Waals surface area contributed by atoms with Crippen LogP contribution in [-0.4, -0.2) is 20.9 Å². The van der Waals surface area contributed by atoms with Gasteiger partial charge < -0.3 is 5.11 Å². The molecule has 6 heteroatoms. The molecule has 0 unspecified atom stereocenters. The maximum atomic E-state index is 13.0. The van der Waals surface area contributed by atoms with Gasteiger partial charge in [-0.3, -0.25) is 4.79 Å². The van der Waals surface area contributed by atoms with Gasteiger partial charge in [0.15, 0.2) is 0 Å². The van der Waals surface area contributed by atoms with Gasteiger partial charge in [0.05, 0.1) is 22.8 Å². The number of aromatic nitrogens is 2. The lowest BCUT2D eigenvalue weighted by molar-refractivity contribution is -0.136. The molecule has 17 heavy (non-hydrogen) atoms. The molecule has 1 N–H and O–H groups in total. The van der Waals surface area contributed by atoms with Crippen molar-refractivity contribution in [1.29, 1.82) is 0 Å². The van der Waals surface area contributed by atoms with Gasteiger partial charge in [0.25, 0.3) is 0 Å². The third-order valence-electron chi connectivity index (χ3n) is 2.20. The monoisotopic (exact) mass is 254 g/mol. The molecule has 0 aliphatic heterocycles. The van der Waals surface area contributed by atoms with E-state index >= 15 is 0 Å². The fraction of sp³-hybridized carbons (Fsp3) is 0.0909. The van der Waals surface area contributed by atoms with Crippen molar-refractivity contribution in [2.75, 3.05) is 0 Å². The lowest BCUT2D eigenvalue weighted by Gasteiger charge is -2.06. The van der Waals surface area contributed by atoms with E-state index in [2.05, 4.69) is 5.10 Å². The summed E-state index contributed by atoms with van der Waals surface area (Å²) in [7, 11) is 0. The Morgan fingerprint density at radius 1 is 1.47 bits per heavy atom. The van der Waals surface area contributed by atoms with Crippen molar-refractivity contribution in [1.82, 2.24) is 9.78 Å². The number of rotatable bonds is 3. The van der Waals surface area contributed by atoms with E-state index in [-0.39, 0.29) is 11.4 Å². The van der Waals surface area contributed by atoms with E-state index < -0.39 is 11.8 Å². The van der Waals surface area contributed by atoms with E-state index in [0.29, 0.717) is 11.4 Å². The van der Waals surface area contributed by atoms with Crippen LogP contribution in [0, 0.1) is 5.82 Å². The van der Waals surface area contributed by atoms with Gasteiger partial charge in [0.2, 0.25) is 0 Å². The second-order valence-electron chi connectivity index (χ2n) is 3.40. The minimum Gasteiger partial charge on any atom is -0.481 e. The van der Waals surface area contributed by atoms with Gasteiger partial charge in [0, 0.05) is 6.20 Å². The molecular formula is C11H8ClFN2O2. The van der Waals surface area contributed by atoms with Gasteiger partial charge in [-0.15, -0.1) is 0 Å². The van der Waals surface area contributed by atoms with Crippen LogP contribution in [0.1, 0.15) is 5.69 Å². The number of halogens is 2. The molecule has 0 fully saturated rings. The highest BCUT2D eigenvalue weighted by Gasteiger charge is 2.10. The first kappa shape index (κ1) is 11.6. The van der Waals surface area contributed by atoms with Crippen LogP contribution in [-0.2, 0) is 11.2 Å². The van der Waals surface area contributed by atoms with Gasteiger partial charge in [-0.1, -0.05) is 11.6 Å². The topological polar surface area (TPSA) is 55.1 Å². The molecule has 0 bridgehead atoms. The van der Waals surface area contributed by atoms with E-state index in [1.54, 1.807) is 6.07 Å². The van der Waals surface area contributed by atoms with E-state index in [1.807, 2.05) is 0 Å². The van der Waals surface area contributed by atoms with Crippen molar-refractivity contribution < 1.29 is 14.3 Å². The molecular weight excluding hydrogens is 247 g/mol. The van der Waals surface area contributed by atoms with Crippen LogP contribution in [0.5, 0.6) is 0 Å². The second kappa shape index (κ2) is 4.55. The summed E-state index contributed by atoms with van der Waals surface area (Å²) in [5, 5.41) is 12.7. The zero-order chi connectivity index (χ0) is 12.4. The number of hydrogen-bond acceptors (Lipinski definition) is 2. The maximum Gasteiger partial charge on any atom is 0.309 e. The zero-order valence-electron chi connectivity index (χ0n) is 8.60. The van der Waals surface area contributed by atoms with E-state index in [0.717, 1.165) is 0 Å². The fourth-order valence-electron chi connectivity index (χ4n) is 1.47. The molecule has 1 heterocycles. The molecule has 88 valence electrons. The maximum absolute atomic E-state index is 13.0. The highest BCUT2D eigenvalue weighted by molar-refractivity contribution is 6.30. The van der Waals surface area contributed by atoms with Gasteiger partial charge >= 0.3 is 5.97 Å². The fourth-order valence-corrected chi connectivity index (χ4v) is 1.64. The van der Waals surface area contributed by atoms with Gasteiger partial charge in [-0.2, -0.15) is 5.10 Å². The Hall–Kier alpha value is -1.88. The van der Waals surface area contributed by atoms with Crippen LogP contribution in [0.4, 0.5) is 4.39 Å². The molecule has 0 saturated carbocycles. The summed E-state index contributed by atoms with van der Waals surface area (Å²) in [6.45, 7) is 0. The molecule has 0 aliphatic carbocycles. The number of carbonyl (C=O) groups is 1. The lowest BCUT2D eigenvalue weighted by Crippen LogP contribution is -2.08. The summed E-state index contributed by atoms with van der Waals surface area (Å²) in [5.41, 5.74) is 1.03. The molecule has 2 rings (SSSR count). The largest absolute Gasteiger partial charge is 0.481 e. The van der Waals surface area contributed by atoms with Crippen molar-refractivity contribution in [3.63, 3.8) is 0 Å². The Bertz CT molecular complexity index is 568. The number of benzene rings is 1. The van der Waals surface area contributed by atoms with Crippen molar-refractivity contribution in [3.05, 3.63) is 47.0 Å². The predicted molar refractivity (Wildman–Crippen MR) is 59.9 cm³/mol. The Labute approximate surface area is 101 Å². The first-order chi connectivity index (χ1) is 8.08. The van der Waals surface area contributed by atoms with Gasteiger partial charge in [0.1, 0.15) is 5.82 Å². The average molecular weight is 255 g/mol. The molecule has 0 radical (unpaired) electrons. The van der Waals surface area contributed by atoms with Crippen LogP contribution in [0.15, 0.2) is 30.5 Å². The summed E-state index contributed by atoms with van der Waals surface area (Å²) >= 11 is 5.66. The van der Waals surface area contributed by atoms with E-state index in [1.165, 1.54) is 29.1 Å². The van der Waals surface area contributed by atoms with Crippen LogP contribution < -0.4 is 0 Å². The molecule has 0 aliphatic rings. The van der Waals surface area contributed by atoms with Crippen molar-refractivity contribution in [3.8, 4) is 5.69 Å². The minimum absolute atomic E-state index is 0.0284. The van der Waals surface area contributed by atoms with Crippen LogP contribution in [0.2, 0.25) is 5.02 Å². The zero-order valence-corrected chi connectivity index (χ0v) is 9.36. The third-order valence-corrected chi connectivity index (χ3v) is 2.49. The summed E-state index contributed by atoms with van der Waals surface area (Å²) in [4.78, 5) is 10.6. The Morgan fingerprint density at radius 2 is 2.24 bits per heavy atom. The van der Waals surface area contributed by atoms with Gasteiger partial charge in [-0.25, -0.2) is 9.07 Å². The second-order valence-corrected chi connectivity index (χ2v) is 3.81. The first-order valence-electron chi connectivity index (χ1n) is 4.78. The van der Waals surface area contributed by atoms with E-state index in [4.69, 9.17) is 16.7 Å². The Balaban J connectivity index is 2.42. The summed E-state index contributed by atoms with van der Waals surface area (Å²) in [5.74, 6) is -1.48. The molecule has 1 aromatic heterocycles. The Morgan fingerprint density at radius 3 is 2.88 bits per heavy atom. The molecule has 0 spiro atoms. The Kier molecular flexibility index (Phi) is 3.10. The van der Waals surface area contributed by atoms with Crippen molar-refractivity contribution in [2.24, 2.45) is 0 Å². The number of hydrogen-bond donors (Lipinski definition) is 1. The average Bonchev–Trinajstić information content (AvgIpc) is 2.69. The number of carboxylic acids is 1. The molecule has 0 saturated heterocycles. The SMILES string of the molecule is O=C(O)Cc1ccnn1-c1ccc(F)c(Cl)c1. The van der Waals surface area contributed by atoms with Crippen molar-refractivity contribution >= 4 is 17.6 Å². The minimum atomic E-state index is -0.958. The number of nitrogens with zero attached hydrogens (tertiary/aromatic N) is 2.